The largest absolute Gasteiger partial charge is 0.481 e. The van der Waals surface area contributed by atoms with Crippen LogP contribution < -0.4 is 10.2 Å². The number of aliphatic carboxylic acids is 1. The molecule has 138 valence electrons. The number of hydrogen-bond acceptors (Lipinski definition) is 7. The zero-order valence-corrected chi connectivity index (χ0v) is 14.9. The predicted octanol–water partition coefficient (Wildman–Crippen LogP) is 2.41. The van der Waals surface area contributed by atoms with Crippen molar-refractivity contribution in [2.75, 3.05) is 23.4 Å². The van der Waals surface area contributed by atoms with E-state index in [1.54, 1.807) is 19.1 Å². The highest BCUT2D eigenvalue weighted by molar-refractivity contribution is 5.84. The van der Waals surface area contributed by atoms with Crippen molar-refractivity contribution < 1.29 is 24.0 Å². The normalized spacial score (nSPS) is 15.5. The highest BCUT2D eigenvalue weighted by atomic mass is 16.5. The standard InChI is InChI=1S/C18H21N3O5/c1-4-25-16(24)9-21-14-7-12(8-15(22)23)5-6-13(14)19-18(21)17-10(2)20-26-11(17)3/h5-7,18-19H,4,8-9H2,1-3H3,(H,22,23). The number of carbonyl (C=O) groups excluding carboxylic acids is 1. The first-order chi connectivity index (χ1) is 12.4. The van der Waals surface area contributed by atoms with Gasteiger partial charge >= 0.3 is 11.9 Å². The van der Waals surface area contributed by atoms with E-state index in [1.165, 1.54) is 0 Å². The van der Waals surface area contributed by atoms with Crippen LogP contribution in [0.1, 0.15) is 35.7 Å². The third-order valence-electron chi connectivity index (χ3n) is 4.30. The lowest BCUT2D eigenvalue weighted by atomic mass is 10.1. The minimum atomic E-state index is -0.907. The van der Waals surface area contributed by atoms with Gasteiger partial charge in [0.1, 0.15) is 18.5 Å². The summed E-state index contributed by atoms with van der Waals surface area (Å²) in [6.07, 6.45) is -0.433. The van der Waals surface area contributed by atoms with Gasteiger partial charge in [0.2, 0.25) is 0 Å². The number of anilines is 2. The molecule has 0 fully saturated rings. The van der Waals surface area contributed by atoms with Crippen LogP contribution in [0.4, 0.5) is 11.4 Å². The van der Waals surface area contributed by atoms with Gasteiger partial charge in [-0.2, -0.15) is 0 Å². The molecule has 0 amide bonds. The number of benzene rings is 1. The monoisotopic (exact) mass is 359 g/mol. The fraction of sp³-hybridized carbons (Fsp3) is 0.389. The number of aromatic nitrogens is 1. The van der Waals surface area contributed by atoms with E-state index in [0.29, 0.717) is 17.9 Å². The smallest absolute Gasteiger partial charge is 0.325 e. The second kappa shape index (κ2) is 7.07. The maximum atomic E-state index is 12.1. The Morgan fingerprint density at radius 1 is 1.38 bits per heavy atom. The maximum absolute atomic E-state index is 12.1. The van der Waals surface area contributed by atoms with E-state index in [1.807, 2.05) is 24.8 Å². The third kappa shape index (κ3) is 3.35. The van der Waals surface area contributed by atoms with Crippen molar-refractivity contribution in [3.05, 3.63) is 40.8 Å². The molecular formula is C18H21N3O5. The van der Waals surface area contributed by atoms with Gasteiger partial charge < -0.3 is 24.6 Å². The highest BCUT2D eigenvalue weighted by Crippen LogP contribution is 2.43. The molecule has 0 aliphatic carbocycles. The van der Waals surface area contributed by atoms with Crippen molar-refractivity contribution in [2.24, 2.45) is 0 Å². The van der Waals surface area contributed by atoms with Crippen LogP contribution in [0.2, 0.25) is 0 Å². The van der Waals surface area contributed by atoms with Gasteiger partial charge in [-0.1, -0.05) is 11.2 Å². The van der Waals surface area contributed by atoms with Gasteiger partial charge in [-0.3, -0.25) is 9.59 Å². The predicted molar refractivity (Wildman–Crippen MR) is 94.1 cm³/mol. The van der Waals surface area contributed by atoms with Crippen LogP contribution in [0.25, 0.3) is 0 Å². The summed E-state index contributed by atoms with van der Waals surface area (Å²) in [6, 6.07) is 5.37. The lowest BCUT2D eigenvalue weighted by Crippen LogP contribution is -2.34. The molecule has 26 heavy (non-hydrogen) atoms. The first kappa shape index (κ1) is 17.8. The Morgan fingerprint density at radius 3 is 2.77 bits per heavy atom. The van der Waals surface area contributed by atoms with Crippen molar-refractivity contribution in [1.82, 2.24) is 5.16 Å². The third-order valence-corrected chi connectivity index (χ3v) is 4.30. The average Bonchev–Trinajstić information content (AvgIpc) is 3.07. The molecule has 0 spiro atoms. The number of fused-ring (bicyclic) bond motifs is 1. The van der Waals surface area contributed by atoms with Gasteiger partial charge in [-0.25, -0.2) is 0 Å². The van der Waals surface area contributed by atoms with Gasteiger partial charge in [0.05, 0.1) is 35.7 Å². The molecule has 0 saturated heterocycles. The molecule has 0 bridgehead atoms. The number of rotatable bonds is 6. The topological polar surface area (TPSA) is 105 Å². The summed E-state index contributed by atoms with van der Waals surface area (Å²) in [5.74, 6) is -0.606. The number of nitrogens with one attached hydrogen (secondary N) is 1. The number of nitrogens with zero attached hydrogens (tertiary/aromatic N) is 2. The molecule has 1 atom stereocenters. The van der Waals surface area contributed by atoms with Gasteiger partial charge in [0, 0.05) is 0 Å². The van der Waals surface area contributed by atoms with E-state index >= 15 is 0 Å². The van der Waals surface area contributed by atoms with Crippen LogP contribution in [0.3, 0.4) is 0 Å². The second-order valence-corrected chi connectivity index (χ2v) is 6.14. The quantitative estimate of drug-likeness (QED) is 0.758. The van der Waals surface area contributed by atoms with Crippen molar-refractivity contribution in [2.45, 2.75) is 33.4 Å². The number of aryl methyl sites for hydroxylation is 2. The van der Waals surface area contributed by atoms with E-state index in [9.17, 15) is 9.59 Å². The summed E-state index contributed by atoms with van der Waals surface area (Å²) < 4.78 is 10.4. The molecule has 1 aromatic carbocycles. The molecule has 8 nitrogen and oxygen atoms in total. The molecule has 8 heteroatoms. The summed E-state index contributed by atoms with van der Waals surface area (Å²) in [4.78, 5) is 25.0. The SMILES string of the molecule is CCOC(=O)CN1c2cc(CC(=O)O)ccc2NC1c1c(C)noc1C. The van der Waals surface area contributed by atoms with E-state index in [-0.39, 0.29) is 25.1 Å². The molecule has 1 aliphatic heterocycles. The summed E-state index contributed by atoms with van der Waals surface area (Å²) in [6.45, 7) is 5.74. The van der Waals surface area contributed by atoms with Gasteiger partial charge in [-0.15, -0.1) is 0 Å². The zero-order valence-electron chi connectivity index (χ0n) is 14.9. The zero-order chi connectivity index (χ0) is 18.8. The van der Waals surface area contributed by atoms with E-state index in [2.05, 4.69) is 10.5 Å². The summed E-state index contributed by atoms with van der Waals surface area (Å²) in [5.41, 5.74) is 3.80. The van der Waals surface area contributed by atoms with Crippen LogP contribution in [0, 0.1) is 13.8 Å². The molecule has 1 aromatic heterocycles. The molecule has 1 unspecified atom stereocenters. The Bertz CT molecular complexity index is 826. The van der Waals surface area contributed by atoms with Crippen molar-refractivity contribution in [3.63, 3.8) is 0 Å². The first-order valence-corrected chi connectivity index (χ1v) is 8.37. The van der Waals surface area contributed by atoms with Gasteiger partial charge in [-0.05, 0) is 38.5 Å². The number of carboxylic acid groups (broad SMARTS) is 1. The Labute approximate surface area is 150 Å². The summed E-state index contributed by atoms with van der Waals surface area (Å²) in [7, 11) is 0. The van der Waals surface area contributed by atoms with E-state index in [0.717, 1.165) is 22.6 Å². The van der Waals surface area contributed by atoms with Crippen molar-refractivity contribution in [1.29, 1.82) is 0 Å². The van der Waals surface area contributed by atoms with Gasteiger partial charge in [0.25, 0.3) is 0 Å². The van der Waals surface area contributed by atoms with Crippen LogP contribution in [0.5, 0.6) is 0 Å². The van der Waals surface area contributed by atoms with Crippen LogP contribution >= 0.6 is 0 Å². The minimum absolute atomic E-state index is 0.0269. The fourth-order valence-corrected chi connectivity index (χ4v) is 3.22. The van der Waals surface area contributed by atoms with Crippen molar-refractivity contribution in [3.8, 4) is 0 Å². The van der Waals surface area contributed by atoms with Crippen LogP contribution in [-0.2, 0) is 20.7 Å². The molecular weight excluding hydrogens is 338 g/mol. The van der Waals surface area contributed by atoms with Gasteiger partial charge in [0.15, 0.2) is 0 Å². The summed E-state index contributed by atoms with van der Waals surface area (Å²) >= 11 is 0. The Hall–Kier alpha value is -3.03. The number of esters is 1. The molecule has 0 radical (unpaired) electrons. The average molecular weight is 359 g/mol. The van der Waals surface area contributed by atoms with Crippen LogP contribution in [0.15, 0.2) is 22.7 Å². The molecule has 0 saturated carbocycles. The highest BCUT2D eigenvalue weighted by Gasteiger charge is 2.35. The maximum Gasteiger partial charge on any atom is 0.325 e. The lowest BCUT2D eigenvalue weighted by Gasteiger charge is -2.26. The van der Waals surface area contributed by atoms with Crippen LogP contribution in [-0.4, -0.2) is 35.4 Å². The molecule has 2 N–H and O–H groups in total. The Morgan fingerprint density at radius 2 is 2.15 bits per heavy atom. The number of hydrogen-bond donors (Lipinski definition) is 2. The first-order valence-electron chi connectivity index (χ1n) is 8.37. The van der Waals surface area contributed by atoms with E-state index < -0.39 is 5.97 Å². The fourth-order valence-electron chi connectivity index (χ4n) is 3.22. The Balaban J connectivity index is 2.00. The molecule has 2 aromatic rings. The van der Waals surface area contributed by atoms with E-state index in [4.69, 9.17) is 14.4 Å². The Kier molecular flexibility index (Phi) is 4.83. The lowest BCUT2D eigenvalue weighted by molar-refractivity contribution is -0.141. The molecule has 2 heterocycles. The van der Waals surface area contributed by atoms with Crippen molar-refractivity contribution >= 4 is 23.3 Å². The number of carboxylic acids is 1. The molecule has 1 aliphatic rings. The minimum Gasteiger partial charge on any atom is -0.481 e. The molecule has 3 rings (SSSR count). The summed E-state index contributed by atoms with van der Waals surface area (Å²) in [5, 5.41) is 16.4. The number of carbonyl (C=O) groups is 2. The number of ether oxygens (including phenoxy) is 1. The second-order valence-electron chi connectivity index (χ2n) is 6.14.